The Kier molecular flexibility index (Phi) is 1.68. The van der Waals surface area contributed by atoms with E-state index in [9.17, 15) is 4.79 Å². The monoisotopic (exact) mass is 215 g/mol. The molecule has 0 atom stereocenters. The van der Waals surface area contributed by atoms with Crippen LogP contribution >= 0.6 is 0 Å². The Labute approximate surface area is 90.5 Å². The molecule has 0 unspecified atom stereocenters. The molecule has 0 saturated heterocycles. The lowest BCUT2D eigenvalue weighted by atomic mass is 10.1. The molecule has 80 valence electrons. The number of aromatic nitrogens is 1. The van der Waals surface area contributed by atoms with Crippen molar-refractivity contribution in [3.63, 3.8) is 0 Å². The number of aryl methyl sites for hydroxylation is 2. The number of hydrogen-bond acceptors (Lipinski definition) is 4. The summed E-state index contributed by atoms with van der Waals surface area (Å²) in [6.45, 7) is 3.59. The average molecular weight is 215 g/mol. The Morgan fingerprint density at radius 2 is 2.06 bits per heavy atom. The highest BCUT2D eigenvalue weighted by atomic mass is 16.5. The summed E-state index contributed by atoms with van der Waals surface area (Å²) in [5.41, 5.74) is 1.72. The summed E-state index contributed by atoms with van der Waals surface area (Å²) in [6.07, 6.45) is 0. The number of fused-ring (bicyclic) bond motifs is 3. The molecule has 0 amide bonds. The zero-order valence-electron chi connectivity index (χ0n) is 8.90. The molecule has 2 heterocycles. The highest BCUT2D eigenvalue weighted by molar-refractivity contribution is 6.02. The fourth-order valence-corrected chi connectivity index (χ4v) is 1.89. The Hall–Kier alpha value is -2.10. The van der Waals surface area contributed by atoms with Gasteiger partial charge in [-0.3, -0.25) is 4.79 Å². The molecule has 1 aromatic carbocycles. The van der Waals surface area contributed by atoms with Gasteiger partial charge in [-0.25, -0.2) is 0 Å². The second-order valence-electron chi connectivity index (χ2n) is 3.80. The van der Waals surface area contributed by atoms with E-state index in [-0.39, 0.29) is 5.43 Å². The van der Waals surface area contributed by atoms with Crippen molar-refractivity contribution >= 4 is 21.9 Å². The van der Waals surface area contributed by atoms with Gasteiger partial charge >= 0.3 is 0 Å². The SMILES string of the molecule is Cc1cc(=O)c2c(ccc3c(C)noc32)o1. The third-order valence-electron chi connectivity index (χ3n) is 2.63. The fourth-order valence-electron chi connectivity index (χ4n) is 1.89. The van der Waals surface area contributed by atoms with Gasteiger partial charge in [-0.05, 0) is 26.0 Å². The van der Waals surface area contributed by atoms with Crippen molar-refractivity contribution in [2.45, 2.75) is 13.8 Å². The molecule has 16 heavy (non-hydrogen) atoms. The van der Waals surface area contributed by atoms with Crippen LogP contribution in [0.15, 0.2) is 31.9 Å². The Bertz CT molecular complexity index is 752. The normalized spacial score (nSPS) is 11.4. The predicted molar refractivity (Wildman–Crippen MR) is 59.5 cm³/mol. The topological polar surface area (TPSA) is 56.2 Å². The number of rotatable bonds is 0. The highest BCUT2D eigenvalue weighted by Crippen LogP contribution is 2.25. The van der Waals surface area contributed by atoms with E-state index in [1.54, 1.807) is 13.0 Å². The minimum Gasteiger partial charge on any atom is -0.461 e. The van der Waals surface area contributed by atoms with Crippen LogP contribution in [0.4, 0.5) is 0 Å². The quantitative estimate of drug-likeness (QED) is 0.578. The molecule has 0 N–H and O–H groups in total. The molecule has 4 nitrogen and oxygen atoms in total. The standard InChI is InChI=1S/C12H9NO3/c1-6-5-9(14)11-10(15-6)4-3-8-7(2)13-16-12(8)11/h3-5H,1-2H3. The molecular weight excluding hydrogens is 206 g/mol. The van der Waals surface area contributed by atoms with Crippen LogP contribution in [0, 0.1) is 13.8 Å². The molecule has 0 bridgehead atoms. The molecule has 0 fully saturated rings. The number of nitrogens with zero attached hydrogens (tertiary/aromatic N) is 1. The summed E-state index contributed by atoms with van der Waals surface area (Å²) >= 11 is 0. The summed E-state index contributed by atoms with van der Waals surface area (Å²) in [5, 5.41) is 5.17. The first-order chi connectivity index (χ1) is 7.66. The van der Waals surface area contributed by atoms with Gasteiger partial charge < -0.3 is 8.94 Å². The van der Waals surface area contributed by atoms with Crippen LogP contribution in [-0.2, 0) is 0 Å². The predicted octanol–water partition coefficient (Wildman–Crippen LogP) is 2.55. The van der Waals surface area contributed by atoms with Crippen LogP contribution in [0.25, 0.3) is 21.9 Å². The smallest absolute Gasteiger partial charge is 0.196 e. The molecule has 0 aliphatic heterocycles. The van der Waals surface area contributed by atoms with Gasteiger partial charge in [0.05, 0.1) is 5.69 Å². The minimum atomic E-state index is -0.0968. The first-order valence-corrected chi connectivity index (χ1v) is 4.96. The van der Waals surface area contributed by atoms with Gasteiger partial charge in [-0.1, -0.05) is 5.16 Å². The van der Waals surface area contributed by atoms with Crippen LogP contribution < -0.4 is 5.43 Å². The lowest BCUT2D eigenvalue weighted by Crippen LogP contribution is -2.00. The van der Waals surface area contributed by atoms with Gasteiger partial charge in [-0.15, -0.1) is 0 Å². The van der Waals surface area contributed by atoms with Gasteiger partial charge in [0.2, 0.25) is 0 Å². The third-order valence-corrected chi connectivity index (χ3v) is 2.63. The largest absolute Gasteiger partial charge is 0.461 e. The Balaban J connectivity index is 2.65. The molecule has 4 heteroatoms. The maximum Gasteiger partial charge on any atom is 0.196 e. The van der Waals surface area contributed by atoms with Gasteiger partial charge in [0.15, 0.2) is 11.0 Å². The van der Waals surface area contributed by atoms with Crippen molar-refractivity contribution in [2.75, 3.05) is 0 Å². The van der Waals surface area contributed by atoms with Crippen LogP contribution in [0.2, 0.25) is 0 Å². The Morgan fingerprint density at radius 1 is 1.25 bits per heavy atom. The lowest BCUT2D eigenvalue weighted by molar-refractivity contribution is 0.452. The number of benzene rings is 1. The van der Waals surface area contributed by atoms with Crippen molar-refractivity contribution in [1.82, 2.24) is 5.16 Å². The summed E-state index contributed by atoms with van der Waals surface area (Å²) in [5.74, 6) is 0.591. The van der Waals surface area contributed by atoms with Crippen molar-refractivity contribution in [3.05, 3.63) is 39.9 Å². The summed E-state index contributed by atoms with van der Waals surface area (Å²) in [7, 11) is 0. The van der Waals surface area contributed by atoms with E-state index in [1.807, 2.05) is 13.0 Å². The summed E-state index contributed by atoms with van der Waals surface area (Å²) in [6, 6.07) is 5.09. The van der Waals surface area contributed by atoms with E-state index in [4.69, 9.17) is 8.94 Å². The van der Waals surface area contributed by atoms with Crippen molar-refractivity contribution in [3.8, 4) is 0 Å². The van der Waals surface area contributed by atoms with E-state index in [0.29, 0.717) is 22.3 Å². The van der Waals surface area contributed by atoms with E-state index < -0.39 is 0 Å². The summed E-state index contributed by atoms with van der Waals surface area (Å²) in [4.78, 5) is 11.9. The zero-order valence-corrected chi connectivity index (χ0v) is 8.90. The molecule has 0 radical (unpaired) electrons. The molecule has 0 saturated carbocycles. The van der Waals surface area contributed by atoms with Crippen molar-refractivity contribution < 1.29 is 8.94 Å². The second-order valence-corrected chi connectivity index (χ2v) is 3.80. The van der Waals surface area contributed by atoms with Gasteiger partial charge in [-0.2, -0.15) is 0 Å². The van der Waals surface area contributed by atoms with Crippen LogP contribution in [-0.4, -0.2) is 5.16 Å². The molecule has 2 aromatic heterocycles. The van der Waals surface area contributed by atoms with E-state index in [1.165, 1.54) is 6.07 Å². The summed E-state index contributed by atoms with van der Waals surface area (Å²) < 4.78 is 10.6. The van der Waals surface area contributed by atoms with Crippen LogP contribution in [0.3, 0.4) is 0 Å². The first kappa shape index (κ1) is 9.15. The molecular formula is C12H9NO3. The minimum absolute atomic E-state index is 0.0968. The maximum atomic E-state index is 11.9. The van der Waals surface area contributed by atoms with Crippen molar-refractivity contribution in [1.29, 1.82) is 0 Å². The third kappa shape index (κ3) is 1.10. The maximum absolute atomic E-state index is 11.9. The van der Waals surface area contributed by atoms with Gasteiger partial charge in [0.25, 0.3) is 0 Å². The zero-order chi connectivity index (χ0) is 11.3. The molecule has 3 rings (SSSR count). The molecule has 0 aliphatic rings. The molecule has 3 aromatic rings. The van der Waals surface area contributed by atoms with Crippen LogP contribution in [0.1, 0.15) is 11.5 Å². The van der Waals surface area contributed by atoms with E-state index >= 15 is 0 Å². The lowest BCUT2D eigenvalue weighted by Gasteiger charge is -1.98. The van der Waals surface area contributed by atoms with E-state index in [2.05, 4.69) is 5.16 Å². The molecule has 0 spiro atoms. The number of hydrogen-bond donors (Lipinski definition) is 0. The van der Waals surface area contributed by atoms with Crippen molar-refractivity contribution in [2.24, 2.45) is 0 Å². The van der Waals surface area contributed by atoms with Gasteiger partial charge in [0, 0.05) is 11.5 Å². The van der Waals surface area contributed by atoms with Crippen LogP contribution in [0.5, 0.6) is 0 Å². The second kappa shape index (κ2) is 2.95. The highest BCUT2D eigenvalue weighted by Gasteiger charge is 2.12. The first-order valence-electron chi connectivity index (χ1n) is 4.96. The fraction of sp³-hybridized carbons (Fsp3) is 0.167. The van der Waals surface area contributed by atoms with Gasteiger partial charge in [0.1, 0.15) is 16.7 Å². The Morgan fingerprint density at radius 3 is 2.88 bits per heavy atom. The molecule has 0 aliphatic carbocycles. The van der Waals surface area contributed by atoms with E-state index in [0.717, 1.165) is 11.1 Å². The average Bonchev–Trinajstić information content (AvgIpc) is 2.59.